The van der Waals surface area contributed by atoms with E-state index in [4.69, 9.17) is 0 Å². The van der Waals surface area contributed by atoms with Gasteiger partial charge in [0.15, 0.2) is 0 Å². The van der Waals surface area contributed by atoms with E-state index in [1.807, 2.05) is 12.3 Å². The predicted molar refractivity (Wildman–Crippen MR) is 73.6 cm³/mol. The largest absolute Gasteiger partial charge is 0.311 e. The summed E-state index contributed by atoms with van der Waals surface area (Å²) in [7, 11) is 0. The number of halogens is 2. The zero-order valence-corrected chi connectivity index (χ0v) is 11.6. The molecule has 90 valence electrons. The van der Waals surface area contributed by atoms with E-state index in [-0.39, 0.29) is 5.82 Å². The lowest BCUT2D eigenvalue weighted by Crippen LogP contribution is -2.12. The Kier molecular flexibility index (Phi) is 4.11. The molecule has 2 rings (SSSR count). The van der Waals surface area contributed by atoms with E-state index in [0.717, 1.165) is 28.0 Å². The van der Waals surface area contributed by atoms with E-state index in [1.165, 1.54) is 12.1 Å². The van der Waals surface area contributed by atoms with E-state index in [9.17, 15) is 4.39 Å². The average molecular weight is 345 g/mol. The van der Waals surface area contributed by atoms with Crippen molar-refractivity contribution in [2.75, 3.05) is 6.54 Å². The summed E-state index contributed by atoms with van der Waals surface area (Å²) in [6, 6.07) is 6.65. The van der Waals surface area contributed by atoms with Gasteiger partial charge in [-0.05, 0) is 53.4 Å². The summed E-state index contributed by atoms with van der Waals surface area (Å²) in [6.45, 7) is 3.72. The number of nitrogens with zero attached hydrogens (tertiary/aromatic N) is 2. The summed E-state index contributed by atoms with van der Waals surface area (Å²) < 4.78 is 15.6. The lowest BCUT2D eigenvalue weighted by molar-refractivity contribution is 0.625. The third kappa shape index (κ3) is 3.04. The summed E-state index contributed by atoms with van der Waals surface area (Å²) in [5.41, 5.74) is 1.88. The van der Waals surface area contributed by atoms with Gasteiger partial charge in [0.2, 0.25) is 0 Å². The first-order valence-corrected chi connectivity index (χ1v) is 6.49. The van der Waals surface area contributed by atoms with Crippen LogP contribution in [0.4, 0.5) is 4.39 Å². The Hall–Kier alpha value is -0.950. The van der Waals surface area contributed by atoms with Crippen LogP contribution >= 0.6 is 22.6 Å². The number of nitrogens with one attached hydrogen (secondary N) is 1. The number of hydrogen-bond donors (Lipinski definition) is 1. The SMILES string of the molecule is CCNCc1ccn(-c2ccc(F)cc2I)n1. The zero-order valence-electron chi connectivity index (χ0n) is 9.45. The molecule has 0 bridgehead atoms. The summed E-state index contributed by atoms with van der Waals surface area (Å²) in [5.74, 6) is -0.224. The van der Waals surface area contributed by atoms with Crippen molar-refractivity contribution in [3.63, 3.8) is 0 Å². The van der Waals surface area contributed by atoms with Gasteiger partial charge >= 0.3 is 0 Å². The average Bonchev–Trinajstić information content (AvgIpc) is 2.75. The predicted octanol–water partition coefficient (Wildman–Crippen LogP) is 2.73. The number of hydrogen-bond acceptors (Lipinski definition) is 2. The molecule has 0 atom stereocenters. The summed E-state index contributed by atoms with van der Waals surface area (Å²) in [5, 5.41) is 7.65. The fourth-order valence-electron chi connectivity index (χ4n) is 1.51. The fourth-order valence-corrected chi connectivity index (χ4v) is 2.23. The van der Waals surface area contributed by atoms with Gasteiger partial charge in [0.25, 0.3) is 0 Å². The van der Waals surface area contributed by atoms with Crippen LogP contribution in [0.5, 0.6) is 0 Å². The van der Waals surface area contributed by atoms with E-state index < -0.39 is 0 Å². The second-order valence-corrected chi connectivity index (χ2v) is 4.79. The van der Waals surface area contributed by atoms with Crippen LogP contribution in [0.25, 0.3) is 5.69 Å². The second-order valence-electron chi connectivity index (χ2n) is 3.63. The molecule has 0 aliphatic carbocycles. The minimum absolute atomic E-state index is 0.224. The van der Waals surface area contributed by atoms with Gasteiger partial charge in [-0.3, -0.25) is 0 Å². The van der Waals surface area contributed by atoms with Crippen molar-refractivity contribution >= 4 is 22.6 Å². The Morgan fingerprint density at radius 3 is 2.94 bits per heavy atom. The summed E-state index contributed by atoms with van der Waals surface area (Å²) in [6.07, 6.45) is 1.89. The van der Waals surface area contributed by atoms with Crippen molar-refractivity contribution in [3.8, 4) is 5.69 Å². The van der Waals surface area contributed by atoms with E-state index in [0.29, 0.717) is 0 Å². The number of rotatable bonds is 4. The van der Waals surface area contributed by atoms with Crippen LogP contribution in [-0.4, -0.2) is 16.3 Å². The van der Waals surface area contributed by atoms with Crippen molar-refractivity contribution in [1.29, 1.82) is 0 Å². The molecule has 3 nitrogen and oxygen atoms in total. The molecule has 5 heteroatoms. The van der Waals surface area contributed by atoms with E-state index >= 15 is 0 Å². The molecular formula is C12H13FIN3. The first-order chi connectivity index (χ1) is 8.20. The zero-order chi connectivity index (χ0) is 12.3. The summed E-state index contributed by atoms with van der Waals surface area (Å²) in [4.78, 5) is 0. The Morgan fingerprint density at radius 1 is 1.41 bits per heavy atom. The van der Waals surface area contributed by atoms with Gasteiger partial charge in [0, 0.05) is 16.3 Å². The molecule has 0 saturated carbocycles. The van der Waals surface area contributed by atoms with Crippen molar-refractivity contribution < 1.29 is 4.39 Å². The smallest absolute Gasteiger partial charge is 0.124 e. The van der Waals surface area contributed by atoms with Crippen molar-refractivity contribution in [2.45, 2.75) is 13.5 Å². The number of aromatic nitrogens is 2. The van der Waals surface area contributed by atoms with Gasteiger partial charge in [0.05, 0.1) is 11.4 Å². The van der Waals surface area contributed by atoms with E-state index in [1.54, 1.807) is 10.7 Å². The van der Waals surface area contributed by atoms with Crippen LogP contribution in [0, 0.1) is 9.39 Å². The Balaban J connectivity index is 2.24. The minimum atomic E-state index is -0.224. The molecule has 0 unspecified atom stereocenters. The molecule has 0 radical (unpaired) electrons. The molecular weight excluding hydrogens is 332 g/mol. The van der Waals surface area contributed by atoms with Gasteiger partial charge < -0.3 is 5.32 Å². The Bertz CT molecular complexity index is 510. The van der Waals surface area contributed by atoms with Gasteiger partial charge in [-0.2, -0.15) is 5.10 Å². The standard InChI is InChI=1S/C12H13FIN3/c1-2-15-8-10-5-6-17(16-10)12-4-3-9(13)7-11(12)14/h3-7,15H,2,8H2,1H3. The van der Waals surface area contributed by atoms with Gasteiger partial charge in [0.1, 0.15) is 5.82 Å². The van der Waals surface area contributed by atoms with Crippen molar-refractivity contribution in [2.24, 2.45) is 0 Å². The van der Waals surface area contributed by atoms with Crippen LogP contribution in [0.2, 0.25) is 0 Å². The van der Waals surface area contributed by atoms with Crippen LogP contribution in [0.1, 0.15) is 12.6 Å². The third-order valence-corrected chi connectivity index (χ3v) is 3.22. The fraction of sp³-hybridized carbons (Fsp3) is 0.250. The molecule has 0 fully saturated rings. The summed E-state index contributed by atoms with van der Waals surface area (Å²) >= 11 is 2.11. The second kappa shape index (κ2) is 5.59. The molecule has 0 aliphatic rings. The molecule has 0 aliphatic heterocycles. The molecule has 1 aromatic heterocycles. The first-order valence-electron chi connectivity index (χ1n) is 5.41. The normalized spacial score (nSPS) is 10.8. The highest BCUT2D eigenvalue weighted by molar-refractivity contribution is 14.1. The molecule has 0 saturated heterocycles. The molecule has 1 heterocycles. The van der Waals surface area contributed by atoms with E-state index in [2.05, 4.69) is 39.9 Å². The molecule has 17 heavy (non-hydrogen) atoms. The topological polar surface area (TPSA) is 29.9 Å². The third-order valence-electron chi connectivity index (χ3n) is 2.36. The van der Waals surface area contributed by atoms with Crippen LogP contribution in [-0.2, 0) is 6.54 Å². The highest BCUT2D eigenvalue weighted by atomic mass is 127. The maximum atomic E-state index is 13.0. The maximum Gasteiger partial charge on any atom is 0.124 e. The first kappa shape index (κ1) is 12.5. The lowest BCUT2D eigenvalue weighted by atomic mass is 10.3. The van der Waals surface area contributed by atoms with Gasteiger partial charge in [-0.25, -0.2) is 9.07 Å². The maximum absolute atomic E-state index is 13.0. The van der Waals surface area contributed by atoms with Crippen molar-refractivity contribution in [3.05, 3.63) is 45.5 Å². The Labute approximate surface area is 113 Å². The number of benzene rings is 1. The Morgan fingerprint density at radius 2 is 2.24 bits per heavy atom. The van der Waals surface area contributed by atoms with Crippen LogP contribution in [0.3, 0.4) is 0 Å². The quantitative estimate of drug-likeness (QED) is 0.864. The van der Waals surface area contributed by atoms with Crippen molar-refractivity contribution in [1.82, 2.24) is 15.1 Å². The van der Waals surface area contributed by atoms with Crippen LogP contribution < -0.4 is 5.32 Å². The minimum Gasteiger partial charge on any atom is -0.311 e. The van der Waals surface area contributed by atoms with Gasteiger partial charge in [-0.15, -0.1) is 0 Å². The molecule has 1 N–H and O–H groups in total. The highest BCUT2D eigenvalue weighted by Gasteiger charge is 2.05. The monoisotopic (exact) mass is 345 g/mol. The molecule has 0 amide bonds. The molecule has 0 spiro atoms. The highest BCUT2D eigenvalue weighted by Crippen LogP contribution is 2.17. The molecule has 2 aromatic rings. The van der Waals surface area contributed by atoms with Gasteiger partial charge in [-0.1, -0.05) is 6.92 Å². The molecule has 1 aromatic carbocycles. The van der Waals surface area contributed by atoms with Crippen LogP contribution in [0.15, 0.2) is 30.5 Å². The lowest BCUT2D eigenvalue weighted by Gasteiger charge is -2.04.